The van der Waals surface area contributed by atoms with Gasteiger partial charge in [-0.2, -0.15) is 0 Å². The second kappa shape index (κ2) is 7.77. The minimum atomic E-state index is -0.363. The summed E-state index contributed by atoms with van der Waals surface area (Å²) < 4.78 is 10.2. The highest BCUT2D eigenvalue weighted by Gasteiger charge is 2.22. The molecular formula is C18H20N6O4. The number of hydrogen-bond donors (Lipinski definition) is 0. The van der Waals surface area contributed by atoms with E-state index in [0.29, 0.717) is 29.1 Å². The van der Waals surface area contributed by atoms with Gasteiger partial charge in [-0.15, -0.1) is 0 Å². The predicted molar refractivity (Wildman–Crippen MR) is 102 cm³/mol. The number of aromatic nitrogens is 3. The number of rotatable bonds is 6. The number of piperazine rings is 1. The molecule has 3 heterocycles. The van der Waals surface area contributed by atoms with E-state index in [1.807, 2.05) is 0 Å². The summed E-state index contributed by atoms with van der Waals surface area (Å²) in [6.07, 6.45) is 1.67. The third kappa shape index (κ3) is 3.58. The first kappa shape index (κ1) is 18.1. The zero-order valence-corrected chi connectivity index (χ0v) is 15.4. The molecule has 0 aliphatic carbocycles. The van der Waals surface area contributed by atoms with Crippen molar-refractivity contribution in [1.82, 2.24) is 20.2 Å². The molecule has 1 fully saturated rings. The fourth-order valence-corrected chi connectivity index (χ4v) is 3.40. The van der Waals surface area contributed by atoms with Crippen molar-refractivity contribution < 1.29 is 14.3 Å². The number of nitro benzene ring substituents is 1. The number of pyridine rings is 1. The molecule has 4 rings (SSSR count). The van der Waals surface area contributed by atoms with Gasteiger partial charge in [0.1, 0.15) is 17.8 Å². The van der Waals surface area contributed by atoms with E-state index in [1.54, 1.807) is 37.4 Å². The molecule has 3 aromatic rings. The standard InChI is InChI=1S/C18H20N6O4/c1-13-18(21-28-20-13)27-12-11-22-7-9-23(10-8-22)16-5-4-15(24(25)26)14-3-2-6-19-17(14)16/h2-6H,7-12H2,1H3. The number of fused-ring (bicyclic) bond motifs is 1. The maximum absolute atomic E-state index is 11.3. The largest absolute Gasteiger partial charge is 0.473 e. The summed E-state index contributed by atoms with van der Waals surface area (Å²) in [5, 5.41) is 19.2. The van der Waals surface area contributed by atoms with E-state index in [4.69, 9.17) is 4.74 Å². The number of benzene rings is 1. The molecule has 10 heteroatoms. The highest BCUT2D eigenvalue weighted by atomic mass is 16.6. The maximum atomic E-state index is 11.3. The predicted octanol–water partition coefficient (Wildman–Crippen LogP) is 2.04. The van der Waals surface area contributed by atoms with Gasteiger partial charge in [0.15, 0.2) is 0 Å². The Bertz CT molecular complexity index is 983. The molecule has 1 aliphatic rings. The Balaban J connectivity index is 1.39. The number of ether oxygens (including phenoxy) is 1. The topological polar surface area (TPSA) is 111 Å². The second-order valence-electron chi connectivity index (χ2n) is 6.59. The fraction of sp³-hybridized carbons (Fsp3) is 0.389. The van der Waals surface area contributed by atoms with Gasteiger partial charge in [-0.1, -0.05) is 5.16 Å². The van der Waals surface area contributed by atoms with E-state index in [2.05, 4.69) is 29.7 Å². The van der Waals surface area contributed by atoms with Gasteiger partial charge in [-0.05, 0) is 30.3 Å². The maximum Gasteiger partial charge on any atom is 0.278 e. The normalized spacial score (nSPS) is 15.1. The number of aryl methyl sites for hydroxylation is 1. The summed E-state index contributed by atoms with van der Waals surface area (Å²) in [6, 6.07) is 6.84. The van der Waals surface area contributed by atoms with Crippen molar-refractivity contribution in [2.24, 2.45) is 0 Å². The van der Waals surface area contributed by atoms with Crippen molar-refractivity contribution in [3.05, 3.63) is 46.3 Å². The van der Waals surface area contributed by atoms with Crippen molar-refractivity contribution >= 4 is 22.3 Å². The van der Waals surface area contributed by atoms with Crippen LogP contribution in [0.5, 0.6) is 5.88 Å². The molecule has 0 saturated carbocycles. The smallest absolute Gasteiger partial charge is 0.278 e. The van der Waals surface area contributed by atoms with Crippen LogP contribution in [-0.4, -0.2) is 64.5 Å². The molecule has 0 spiro atoms. The van der Waals surface area contributed by atoms with Crippen LogP contribution in [0.1, 0.15) is 5.69 Å². The van der Waals surface area contributed by atoms with E-state index in [0.717, 1.165) is 38.4 Å². The Morgan fingerprint density at radius 3 is 2.75 bits per heavy atom. The van der Waals surface area contributed by atoms with E-state index in [9.17, 15) is 10.1 Å². The van der Waals surface area contributed by atoms with Gasteiger partial charge < -0.3 is 9.64 Å². The first-order chi connectivity index (χ1) is 13.6. The third-order valence-electron chi connectivity index (χ3n) is 4.89. The zero-order valence-electron chi connectivity index (χ0n) is 15.4. The summed E-state index contributed by atoms with van der Waals surface area (Å²) in [7, 11) is 0. The molecule has 1 aromatic carbocycles. The Labute approximate surface area is 160 Å². The lowest BCUT2D eigenvalue weighted by atomic mass is 10.1. The van der Waals surface area contributed by atoms with Crippen molar-refractivity contribution in [2.75, 3.05) is 44.2 Å². The van der Waals surface area contributed by atoms with Crippen LogP contribution in [0, 0.1) is 17.0 Å². The Hall–Kier alpha value is -3.27. The van der Waals surface area contributed by atoms with E-state index < -0.39 is 0 Å². The number of anilines is 1. The average molecular weight is 384 g/mol. The van der Waals surface area contributed by atoms with E-state index in [-0.39, 0.29) is 10.6 Å². The van der Waals surface area contributed by atoms with E-state index in [1.165, 1.54) is 0 Å². The summed E-state index contributed by atoms with van der Waals surface area (Å²) in [4.78, 5) is 19.9. The van der Waals surface area contributed by atoms with Crippen LogP contribution >= 0.6 is 0 Å². The average Bonchev–Trinajstić information content (AvgIpc) is 3.12. The number of hydrogen-bond acceptors (Lipinski definition) is 9. The summed E-state index contributed by atoms with van der Waals surface area (Å²) in [5.74, 6) is 0.432. The molecule has 0 bridgehead atoms. The van der Waals surface area contributed by atoms with Crippen LogP contribution in [0.3, 0.4) is 0 Å². The minimum Gasteiger partial charge on any atom is -0.473 e. The molecule has 0 radical (unpaired) electrons. The van der Waals surface area contributed by atoms with Gasteiger partial charge in [0.05, 0.1) is 16.0 Å². The van der Waals surface area contributed by atoms with Crippen LogP contribution in [0.15, 0.2) is 35.1 Å². The molecule has 146 valence electrons. The van der Waals surface area contributed by atoms with Crippen molar-refractivity contribution in [2.45, 2.75) is 6.92 Å². The summed E-state index contributed by atoms with van der Waals surface area (Å²) in [5.41, 5.74) is 2.33. The molecule has 28 heavy (non-hydrogen) atoms. The SMILES string of the molecule is Cc1nonc1OCCN1CCN(c2ccc([N+](=O)[O-])c3cccnc23)CC1. The number of non-ortho nitro benzene ring substituents is 1. The first-order valence-electron chi connectivity index (χ1n) is 9.05. The molecule has 0 atom stereocenters. The Kier molecular flexibility index (Phi) is 5.02. The fourth-order valence-electron chi connectivity index (χ4n) is 3.40. The molecule has 0 N–H and O–H groups in total. The molecular weight excluding hydrogens is 364 g/mol. The molecule has 0 unspecified atom stereocenters. The highest BCUT2D eigenvalue weighted by molar-refractivity contribution is 5.97. The molecule has 10 nitrogen and oxygen atoms in total. The first-order valence-corrected chi connectivity index (χ1v) is 9.05. The van der Waals surface area contributed by atoms with Crippen LogP contribution in [0.4, 0.5) is 11.4 Å². The third-order valence-corrected chi connectivity index (χ3v) is 4.89. The van der Waals surface area contributed by atoms with Gasteiger partial charge >= 0.3 is 0 Å². The lowest BCUT2D eigenvalue weighted by molar-refractivity contribution is -0.383. The van der Waals surface area contributed by atoms with Crippen molar-refractivity contribution in [3.63, 3.8) is 0 Å². The van der Waals surface area contributed by atoms with Gasteiger partial charge in [0.25, 0.3) is 11.6 Å². The van der Waals surface area contributed by atoms with Gasteiger partial charge in [-0.3, -0.25) is 20.0 Å². The van der Waals surface area contributed by atoms with Gasteiger partial charge in [0, 0.05) is 45.0 Å². The number of nitro groups is 1. The molecule has 0 amide bonds. The number of nitrogens with zero attached hydrogens (tertiary/aromatic N) is 6. The van der Waals surface area contributed by atoms with Crippen LogP contribution < -0.4 is 9.64 Å². The Morgan fingerprint density at radius 1 is 1.21 bits per heavy atom. The monoisotopic (exact) mass is 384 g/mol. The minimum absolute atomic E-state index is 0.0836. The zero-order chi connectivity index (χ0) is 19.5. The van der Waals surface area contributed by atoms with Crippen molar-refractivity contribution in [3.8, 4) is 5.88 Å². The molecule has 1 aliphatic heterocycles. The Morgan fingerprint density at radius 2 is 2.04 bits per heavy atom. The van der Waals surface area contributed by atoms with Crippen LogP contribution in [-0.2, 0) is 0 Å². The highest BCUT2D eigenvalue weighted by Crippen LogP contribution is 2.32. The van der Waals surface area contributed by atoms with E-state index >= 15 is 0 Å². The summed E-state index contributed by atoms with van der Waals surface area (Å²) in [6.45, 7) is 6.43. The molecule has 1 saturated heterocycles. The lowest BCUT2D eigenvalue weighted by Gasteiger charge is -2.36. The quantitative estimate of drug-likeness (QED) is 0.465. The van der Waals surface area contributed by atoms with Crippen LogP contribution in [0.2, 0.25) is 0 Å². The van der Waals surface area contributed by atoms with Crippen LogP contribution in [0.25, 0.3) is 10.9 Å². The molecule has 2 aromatic heterocycles. The summed E-state index contributed by atoms with van der Waals surface area (Å²) >= 11 is 0. The van der Waals surface area contributed by atoms with Crippen molar-refractivity contribution in [1.29, 1.82) is 0 Å². The van der Waals surface area contributed by atoms with Gasteiger partial charge in [0.2, 0.25) is 0 Å². The van der Waals surface area contributed by atoms with Gasteiger partial charge in [-0.25, -0.2) is 4.63 Å². The lowest BCUT2D eigenvalue weighted by Crippen LogP contribution is -2.47. The second-order valence-corrected chi connectivity index (χ2v) is 6.59.